The molecule has 0 saturated heterocycles. The minimum atomic E-state index is -3.41. The zero-order chi connectivity index (χ0) is 14.8. The van der Waals surface area contributed by atoms with E-state index in [0.29, 0.717) is 6.54 Å². The van der Waals surface area contributed by atoms with Crippen molar-refractivity contribution in [2.24, 2.45) is 0 Å². The number of nitrogens with zero attached hydrogens (tertiary/aromatic N) is 2. The molecule has 0 aliphatic carbocycles. The summed E-state index contributed by atoms with van der Waals surface area (Å²) < 4.78 is 28.3. The van der Waals surface area contributed by atoms with Crippen molar-refractivity contribution in [3.05, 3.63) is 12.4 Å². The molecule has 0 bridgehead atoms. The zero-order valence-corrected chi connectivity index (χ0v) is 13.8. The zero-order valence-electron chi connectivity index (χ0n) is 12.1. The molecule has 1 aromatic heterocycles. The number of rotatable bonds is 11. The molecular weight excluding hydrogens is 296 g/mol. The molecule has 0 aliphatic heterocycles. The molecule has 0 amide bonds. The second-order valence-corrected chi connectivity index (χ2v) is 7.14. The molecule has 1 rings (SSSR count). The summed E-state index contributed by atoms with van der Waals surface area (Å²) in [6.07, 6.45) is 6.76. The number of aromatic nitrogens is 2. The standard InChI is InChI=1S/C12H24N4O2S2/c1-3-13-6-4-8-16-11-12(10-14-16)20(17,18)15-7-5-9-19-2/h10-11,13,15H,3-9H2,1-2H3. The summed E-state index contributed by atoms with van der Waals surface area (Å²) >= 11 is 1.71. The molecule has 0 fully saturated rings. The van der Waals surface area contributed by atoms with E-state index in [-0.39, 0.29) is 4.90 Å². The monoisotopic (exact) mass is 320 g/mol. The molecule has 2 N–H and O–H groups in total. The fraction of sp³-hybridized carbons (Fsp3) is 0.750. The lowest BCUT2D eigenvalue weighted by Gasteiger charge is -2.04. The van der Waals surface area contributed by atoms with E-state index in [1.54, 1.807) is 22.6 Å². The van der Waals surface area contributed by atoms with E-state index in [1.165, 1.54) is 6.20 Å². The van der Waals surface area contributed by atoms with Crippen LogP contribution in [-0.2, 0) is 16.6 Å². The van der Waals surface area contributed by atoms with Crippen LogP contribution >= 0.6 is 11.8 Å². The average molecular weight is 320 g/mol. The first-order valence-electron chi connectivity index (χ1n) is 6.82. The van der Waals surface area contributed by atoms with E-state index in [0.717, 1.165) is 38.2 Å². The van der Waals surface area contributed by atoms with Crippen molar-refractivity contribution in [3.8, 4) is 0 Å². The fourth-order valence-electron chi connectivity index (χ4n) is 1.65. The van der Waals surface area contributed by atoms with Gasteiger partial charge in [-0.2, -0.15) is 16.9 Å². The van der Waals surface area contributed by atoms with Gasteiger partial charge in [-0.3, -0.25) is 4.68 Å². The Morgan fingerprint density at radius 2 is 2.15 bits per heavy atom. The molecule has 8 heteroatoms. The first kappa shape index (κ1) is 17.5. The number of hydrogen-bond donors (Lipinski definition) is 2. The first-order valence-corrected chi connectivity index (χ1v) is 9.69. The lowest BCUT2D eigenvalue weighted by molar-refractivity contribution is 0.549. The molecule has 0 aromatic carbocycles. The SMILES string of the molecule is CCNCCCn1cc(S(=O)(=O)NCCCSC)cn1. The minimum absolute atomic E-state index is 0.241. The van der Waals surface area contributed by atoms with Gasteiger partial charge in [0, 0.05) is 19.3 Å². The Bertz CT molecular complexity index is 474. The number of sulfonamides is 1. The molecule has 6 nitrogen and oxygen atoms in total. The summed E-state index contributed by atoms with van der Waals surface area (Å²) in [6.45, 7) is 5.09. The fourth-order valence-corrected chi connectivity index (χ4v) is 3.11. The van der Waals surface area contributed by atoms with Crippen molar-refractivity contribution in [1.82, 2.24) is 19.8 Å². The summed E-state index contributed by atoms with van der Waals surface area (Å²) in [7, 11) is -3.41. The Balaban J connectivity index is 2.44. The lowest BCUT2D eigenvalue weighted by Crippen LogP contribution is -2.24. The largest absolute Gasteiger partial charge is 0.317 e. The van der Waals surface area contributed by atoms with Crippen LogP contribution in [0.15, 0.2) is 17.3 Å². The Morgan fingerprint density at radius 3 is 2.85 bits per heavy atom. The number of hydrogen-bond acceptors (Lipinski definition) is 5. The highest BCUT2D eigenvalue weighted by Gasteiger charge is 2.15. The lowest BCUT2D eigenvalue weighted by atomic mass is 10.4. The van der Waals surface area contributed by atoms with Crippen LogP contribution in [0.5, 0.6) is 0 Å². The highest BCUT2D eigenvalue weighted by Crippen LogP contribution is 2.07. The number of aryl methyl sites for hydroxylation is 1. The van der Waals surface area contributed by atoms with Crippen molar-refractivity contribution < 1.29 is 8.42 Å². The van der Waals surface area contributed by atoms with Crippen LogP contribution in [0, 0.1) is 0 Å². The van der Waals surface area contributed by atoms with Crippen molar-refractivity contribution >= 4 is 21.8 Å². The van der Waals surface area contributed by atoms with E-state index >= 15 is 0 Å². The predicted molar refractivity (Wildman–Crippen MR) is 83.6 cm³/mol. The summed E-state index contributed by atoms with van der Waals surface area (Å²) in [5, 5.41) is 7.31. The van der Waals surface area contributed by atoms with E-state index < -0.39 is 10.0 Å². The average Bonchev–Trinajstić information content (AvgIpc) is 2.89. The van der Waals surface area contributed by atoms with E-state index in [9.17, 15) is 8.42 Å². The van der Waals surface area contributed by atoms with Crippen LogP contribution in [-0.4, -0.2) is 49.8 Å². The van der Waals surface area contributed by atoms with Crippen LogP contribution in [0.2, 0.25) is 0 Å². The molecule has 20 heavy (non-hydrogen) atoms. The summed E-state index contributed by atoms with van der Waals surface area (Å²) in [5.41, 5.74) is 0. The number of thioether (sulfide) groups is 1. The normalized spacial score (nSPS) is 11.9. The Kier molecular flexibility index (Phi) is 8.20. The van der Waals surface area contributed by atoms with E-state index in [2.05, 4.69) is 22.1 Å². The minimum Gasteiger partial charge on any atom is -0.317 e. The molecule has 1 aromatic rings. The van der Waals surface area contributed by atoms with Crippen molar-refractivity contribution in [2.75, 3.05) is 31.6 Å². The maximum atomic E-state index is 12.0. The molecule has 0 atom stereocenters. The second kappa shape index (κ2) is 9.38. The number of nitrogens with one attached hydrogen (secondary N) is 2. The summed E-state index contributed by atoms with van der Waals surface area (Å²) in [5.74, 6) is 0.951. The van der Waals surface area contributed by atoms with Crippen LogP contribution in [0.4, 0.5) is 0 Å². The van der Waals surface area contributed by atoms with Gasteiger partial charge in [0.15, 0.2) is 0 Å². The molecule has 0 radical (unpaired) electrons. The van der Waals surface area contributed by atoms with Gasteiger partial charge < -0.3 is 5.32 Å². The van der Waals surface area contributed by atoms with Gasteiger partial charge >= 0.3 is 0 Å². The van der Waals surface area contributed by atoms with Crippen LogP contribution in [0.3, 0.4) is 0 Å². The van der Waals surface area contributed by atoms with Gasteiger partial charge in [0.05, 0.1) is 6.20 Å². The second-order valence-electron chi connectivity index (χ2n) is 4.39. The maximum absolute atomic E-state index is 12.0. The van der Waals surface area contributed by atoms with Crippen molar-refractivity contribution in [3.63, 3.8) is 0 Å². The van der Waals surface area contributed by atoms with Crippen LogP contribution in [0.1, 0.15) is 19.8 Å². The van der Waals surface area contributed by atoms with Crippen molar-refractivity contribution in [1.29, 1.82) is 0 Å². The molecule has 0 aliphatic rings. The maximum Gasteiger partial charge on any atom is 0.243 e. The third-order valence-corrected chi connectivity index (χ3v) is 4.84. The van der Waals surface area contributed by atoms with Gasteiger partial charge in [0.1, 0.15) is 4.90 Å². The smallest absolute Gasteiger partial charge is 0.243 e. The topological polar surface area (TPSA) is 76.0 Å². The van der Waals surface area contributed by atoms with Gasteiger partial charge in [-0.1, -0.05) is 6.92 Å². The molecule has 0 spiro atoms. The highest BCUT2D eigenvalue weighted by atomic mass is 32.2. The molecule has 116 valence electrons. The third-order valence-electron chi connectivity index (χ3n) is 2.73. The summed E-state index contributed by atoms with van der Waals surface area (Å²) in [6, 6.07) is 0. The molecular formula is C12H24N4O2S2. The van der Waals surface area contributed by atoms with Gasteiger partial charge in [0.2, 0.25) is 10.0 Å². The van der Waals surface area contributed by atoms with Gasteiger partial charge in [0.25, 0.3) is 0 Å². The van der Waals surface area contributed by atoms with E-state index in [1.807, 2.05) is 6.26 Å². The molecule has 0 unspecified atom stereocenters. The van der Waals surface area contributed by atoms with Crippen LogP contribution < -0.4 is 10.0 Å². The van der Waals surface area contributed by atoms with Gasteiger partial charge in [-0.15, -0.1) is 0 Å². The summed E-state index contributed by atoms with van der Waals surface area (Å²) in [4.78, 5) is 0.241. The van der Waals surface area contributed by atoms with Gasteiger partial charge in [-0.05, 0) is 37.9 Å². The predicted octanol–water partition coefficient (Wildman–Crippen LogP) is 0.914. The quantitative estimate of drug-likeness (QED) is 0.593. The Hall–Kier alpha value is -0.570. The molecule has 1 heterocycles. The van der Waals surface area contributed by atoms with Crippen molar-refractivity contribution in [2.45, 2.75) is 31.2 Å². The highest BCUT2D eigenvalue weighted by molar-refractivity contribution is 7.98. The Labute approximate surface area is 125 Å². The van der Waals surface area contributed by atoms with Gasteiger partial charge in [-0.25, -0.2) is 13.1 Å². The molecule has 0 saturated carbocycles. The first-order chi connectivity index (χ1) is 9.60. The van der Waals surface area contributed by atoms with E-state index in [4.69, 9.17) is 0 Å². The van der Waals surface area contributed by atoms with Crippen LogP contribution in [0.25, 0.3) is 0 Å². The third kappa shape index (κ3) is 6.25. The Morgan fingerprint density at radius 1 is 1.35 bits per heavy atom.